The molecule has 0 amide bonds. The number of hydrogen-bond donors (Lipinski definition) is 1. The number of hydrogen-bond acceptors (Lipinski definition) is 1. The van der Waals surface area contributed by atoms with Gasteiger partial charge in [-0.2, -0.15) is 0 Å². The summed E-state index contributed by atoms with van der Waals surface area (Å²) in [5.74, 6) is 0. The molecule has 0 aliphatic heterocycles. The van der Waals surface area contributed by atoms with Gasteiger partial charge in [0.25, 0.3) is 0 Å². The van der Waals surface area contributed by atoms with E-state index in [-0.39, 0.29) is 0 Å². The van der Waals surface area contributed by atoms with Crippen LogP contribution in [0, 0.1) is 13.8 Å². The summed E-state index contributed by atoms with van der Waals surface area (Å²) in [5.41, 5.74) is 4.00. The maximum absolute atomic E-state index is 3.62. The summed E-state index contributed by atoms with van der Waals surface area (Å²) in [4.78, 5) is 0. The molecule has 1 nitrogen and oxygen atoms in total. The van der Waals surface area contributed by atoms with E-state index in [1.165, 1.54) is 42.5 Å². The lowest BCUT2D eigenvalue weighted by Gasteiger charge is -2.14. The molecule has 1 aliphatic rings. The smallest absolute Gasteiger partial charge is 0.0347 e. The first-order valence-electron chi connectivity index (χ1n) is 5.59. The van der Waals surface area contributed by atoms with Crippen molar-refractivity contribution in [2.45, 2.75) is 45.6 Å². The van der Waals surface area contributed by atoms with Crippen molar-refractivity contribution in [3.05, 3.63) is 29.3 Å². The summed E-state index contributed by atoms with van der Waals surface area (Å²) in [7, 11) is 0. The minimum absolute atomic E-state index is 0.719. The second kappa shape index (κ2) is 4.04. The van der Waals surface area contributed by atoms with Crippen LogP contribution in [0.2, 0.25) is 0 Å². The molecule has 14 heavy (non-hydrogen) atoms. The van der Waals surface area contributed by atoms with Gasteiger partial charge in [0, 0.05) is 11.7 Å². The van der Waals surface area contributed by atoms with Crippen molar-refractivity contribution in [2.75, 3.05) is 5.32 Å². The summed E-state index contributed by atoms with van der Waals surface area (Å²) >= 11 is 0. The molecule has 0 atom stereocenters. The van der Waals surface area contributed by atoms with Crippen molar-refractivity contribution in [1.29, 1.82) is 0 Å². The van der Waals surface area contributed by atoms with Crippen LogP contribution in [-0.4, -0.2) is 6.04 Å². The molecule has 1 fully saturated rings. The Morgan fingerprint density at radius 3 is 2.14 bits per heavy atom. The van der Waals surface area contributed by atoms with Gasteiger partial charge in [0.1, 0.15) is 0 Å². The van der Waals surface area contributed by atoms with E-state index < -0.39 is 0 Å². The molecule has 0 aromatic heterocycles. The van der Waals surface area contributed by atoms with Crippen LogP contribution in [-0.2, 0) is 0 Å². The van der Waals surface area contributed by atoms with Crippen molar-refractivity contribution >= 4 is 5.69 Å². The molecule has 1 aromatic carbocycles. The van der Waals surface area contributed by atoms with Gasteiger partial charge in [-0.25, -0.2) is 0 Å². The van der Waals surface area contributed by atoms with Crippen LogP contribution in [0.5, 0.6) is 0 Å². The molecule has 2 rings (SSSR count). The van der Waals surface area contributed by atoms with Crippen molar-refractivity contribution < 1.29 is 0 Å². The first kappa shape index (κ1) is 9.57. The highest BCUT2D eigenvalue weighted by molar-refractivity contribution is 5.49. The van der Waals surface area contributed by atoms with Crippen LogP contribution >= 0.6 is 0 Å². The quantitative estimate of drug-likeness (QED) is 0.748. The molecule has 1 saturated carbocycles. The minimum atomic E-state index is 0.719. The van der Waals surface area contributed by atoms with E-state index in [1.54, 1.807) is 0 Å². The summed E-state index contributed by atoms with van der Waals surface area (Å²) in [5, 5.41) is 3.62. The van der Waals surface area contributed by atoms with Crippen LogP contribution in [0.4, 0.5) is 5.69 Å². The zero-order chi connectivity index (χ0) is 9.97. The van der Waals surface area contributed by atoms with Gasteiger partial charge in [-0.05, 0) is 49.9 Å². The third-order valence-corrected chi connectivity index (χ3v) is 2.95. The third kappa shape index (κ3) is 2.28. The number of anilines is 1. The average molecular weight is 189 g/mol. The molecule has 1 heteroatoms. The van der Waals surface area contributed by atoms with Gasteiger partial charge in [0.05, 0.1) is 0 Å². The topological polar surface area (TPSA) is 12.0 Å². The van der Waals surface area contributed by atoms with E-state index in [1.807, 2.05) is 0 Å². The average Bonchev–Trinajstić information content (AvgIpc) is 2.54. The fraction of sp³-hybridized carbons (Fsp3) is 0.538. The van der Waals surface area contributed by atoms with Crippen LogP contribution < -0.4 is 5.32 Å². The van der Waals surface area contributed by atoms with Crippen LogP contribution in [0.1, 0.15) is 36.8 Å². The molecule has 1 aromatic rings. The molecular formula is C13H19N. The van der Waals surface area contributed by atoms with Crippen molar-refractivity contribution in [2.24, 2.45) is 0 Å². The molecule has 1 aliphatic carbocycles. The van der Waals surface area contributed by atoms with E-state index >= 15 is 0 Å². The molecule has 76 valence electrons. The molecule has 0 radical (unpaired) electrons. The highest BCUT2D eigenvalue weighted by Crippen LogP contribution is 2.23. The number of aryl methyl sites for hydroxylation is 2. The zero-order valence-corrected chi connectivity index (χ0v) is 9.14. The predicted molar refractivity (Wildman–Crippen MR) is 61.8 cm³/mol. The van der Waals surface area contributed by atoms with E-state index in [2.05, 4.69) is 37.4 Å². The lowest BCUT2D eigenvalue weighted by Crippen LogP contribution is -2.14. The molecule has 0 spiro atoms. The van der Waals surface area contributed by atoms with Gasteiger partial charge < -0.3 is 5.32 Å². The molecule has 0 saturated heterocycles. The Morgan fingerprint density at radius 1 is 1.00 bits per heavy atom. The Kier molecular flexibility index (Phi) is 2.76. The molecule has 1 N–H and O–H groups in total. The van der Waals surface area contributed by atoms with Gasteiger partial charge in [-0.15, -0.1) is 0 Å². The van der Waals surface area contributed by atoms with Crippen LogP contribution in [0.3, 0.4) is 0 Å². The molecule has 0 heterocycles. The van der Waals surface area contributed by atoms with Crippen molar-refractivity contribution in [3.8, 4) is 0 Å². The first-order chi connectivity index (χ1) is 6.74. The van der Waals surface area contributed by atoms with Crippen molar-refractivity contribution in [1.82, 2.24) is 0 Å². The third-order valence-electron chi connectivity index (χ3n) is 2.95. The summed E-state index contributed by atoms with van der Waals surface area (Å²) in [6, 6.07) is 7.42. The lowest BCUT2D eigenvalue weighted by molar-refractivity contribution is 0.755. The Morgan fingerprint density at radius 2 is 1.57 bits per heavy atom. The largest absolute Gasteiger partial charge is 0.382 e. The number of benzene rings is 1. The minimum Gasteiger partial charge on any atom is -0.382 e. The second-order valence-corrected chi connectivity index (χ2v) is 4.50. The van der Waals surface area contributed by atoms with Crippen molar-refractivity contribution in [3.63, 3.8) is 0 Å². The van der Waals surface area contributed by atoms with Gasteiger partial charge in [0.2, 0.25) is 0 Å². The Labute approximate surface area is 86.5 Å². The maximum atomic E-state index is 3.62. The summed E-state index contributed by atoms with van der Waals surface area (Å²) in [6.45, 7) is 4.32. The Balaban J connectivity index is 2.07. The highest BCUT2D eigenvalue weighted by Gasteiger charge is 2.14. The van der Waals surface area contributed by atoms with Crippen LogP contribution in [0.25, 0.3) is 0 Å². The normalized spacial score (nSPS) is 17.3. The Hall–Kier alpha value is -0.980. The molecular weight excluding hydrogens is 170 g/mol. The molecule has 0 unspecified atom stereocenters. The van der Waals surface area contributed by atoms with Crippen LogP contribution in [0.15, 0.2) is 18.2 Å². The van der Waals surface area contributed by atoms with Gasteiger partial charge in [-0.3, -0.25) is 0 Å². The zero-order valence-electron chi connectivity index (χ0n) is 9.14. The molecule has 0 bridgehead atoms. The second-order valence-electron chi connectivity index (χ2n) is 4.50. The standard InChI is InChI=1S/C13H19N/c1-10-7-11(2)9-13(8-10)14-12-5-3-4-6-12/h7-9,12,14H,3-6H2,1-2H3. The van der Waals surface area contributed by atoms with Gasteiger partial charge in [-0.1, -0.05) is 18.9 Å². The summed E-state index contributed by atoms with van der Waals surface area (Å²) < 4.78 is 0. The van der Waals surface area contributed by atoms with Gasteiger partial charge in [0.15, 0.2) is 0 Å². The van der Waals surface area contributed by atoms with Gasteiger partial charge >= 0.3 is 0 Å². The Bertz CT molecular complexity index is 291. The van der Waals surface area contributed by atoms with E-state index in [4.69, 9.17) is 0 Å². The van der Waals surface area contributed by atoms with E-state index in [0.29, 0.717) is 0 Å². The fourth-order valence-corrected chi connectivity index (χ4v) is 2.36. The lowest BCUT2D eigenvalue weighted by atomic mass is 10.1. The number of nitrogens with one attached hydrogen (secondary N) is 1. The predicted octanol–water partition coefficient (Wildman–Crippen LogP) is 3.66. The monoisotopic (exact) mass is 189 g/mol. The van der Waals surface area contributed by atoms with E-state index in [9.17, 15) is 0 Å². The number of rotatable bonds is 2. The van der Waals surface area contributed by atoms with E-state index in [0.717, 1.165) is 6.04 Å². The first-order valence-corrected chi connectivity index (χ1v) is 5.59. The SMILES string of the molecule is Cc1cc(C)cc(NC2CCCC2)c1. The fourth-order valence-electron chi connectivity index (χ4n) is 2.36. The maximum Gasteiger partial charge on any atom is 0.0347 e. The summed E-state index contributed by atoms with van der Waals surface area (Å²) in [6.07, 6.45) is 5.46. The highest BCUT2D eigenvalue weighted by atomic mass is 14.9.